The lowest BCUT2D eigenvalue weighted by Crippen LogP contribution is -2.08. The Hall–Kier alpha value is -0.790. The predicted molar refractivity (Wildman–Crippen MR) is 55.4 cm³/mol. The SMILES string of the molecule is C=CC[C@H](N)c1ccccc1.Cl. The molecule has 0 fully saturated rings. The summed E-state index contributed by atoms with van der Waals surface area (Å²) in [4.78, 5) is 0. The van der Waals surface area contributed by atoms with Crippen LogP contribution in [0.15, 0.2) is 43.0 Å². The van der Waals surface area contributed by atoms with E-state index in [0.717, 1.165) is 6.42 Å². The van der Waals surface area contributed by atoms with Crippen molar-refractivity contribution in [3.8, 4) is 0 Å². The Morgan fingerprint density at radius 3 is 2.42 bits per heavy atom. The van der Waals surface area contributed by atoms with Gasteiger partial charge in [0.1, 0.15) is 0 Å². The first-order valence-electron chi connectivity index (χ1n) is 3.76. The molecule has 0 unspecified atom stereocenters. The number of rotatable bonds is 3. The molecular weight excluding hydrogens is 170 g/mol. The molecule has 1 aromatic carbocycles. The van der Waals surface area contributed by atoms with Crippen LogP contribution in [0.1, 0.15) is 18.0 Å². The maximum absolute atomic E-state index is 5.83. The Morgan fingerprint density at radius 1 is 1.33 bits per heavy atom. The summed E-state index contributed by atoms with van der Waals surface area (Å²) in [5, 5.41) is 0. The number of halogens is 1. The highest BCUT2D eigenvalue weighted by Crippen LogP contribution is 2.12. The van der Waals surface area contributed by atoms with Gasteiger partial charge in [0, 0.05) is 6.04 Å². The zero-order chi connectivity index (χ0) is 8.10. The van der Waals surface area contributed by atoms with Crippen LogP contribution >= 0.6 is 12.4 Å². The molecule has 66 valence electrons. The molecule has 1 atom stereocenters. The first-order valence-corrected chi connectivity index (χ1v) is 3.76. The lowest BCUT2D eigenvalue weighted by atomic mass is 10.1. The molecule has 2 N–H and O–H groups in total. The van der Waals surface area contributed by atoms with Crippen molar-refractivity contribution in [1.29, 1.82) is 0 Å². The van der Waals surface area contributed by atoms with Gasteiger partial charge < -0.3 is 5.73 Å². The third kappa shape index (κ3) is 3.07. The molecule has 2 heteroatoms. The number of benzene rings is 1. The second-order valence-electron chi connectivity index (χ2n) is 2.54. The van der Waals surface area contributed by atoms with Gasteiger partial charge >= 0.3 is 0 Å². The molecular formula is C10H14ClN. The van der Waals surface area contributed by atoms with Crippen molar-refractivity contribution in [2.45, 2.75) is 12.5 Å². The van der Waals surface area contributed by atoms with E-state index in [1.54, 1.807) is 0 Å². The monoisotopic (exact) mass is 183 g/mol. The van der Waals surface area contributed by atoms with E-state index < -0.39 is 0 Å². The summed E-state index contributed by atoms with van der Waals surface area (Å²) in [6.07, 6.45) is 2.68. The Kier molecular flexibility index (Phi) is 5.43. The molecule has 12 heavy (non-hydrogen) atoms. The van der Waals surface area contributed by atoms with E-state index in [2.05, 4.69) is 6.58 Å². The topological polar surface area (TPSA) is 26.0 Å². The van der Waals surface area contributed by atoms with Gasteiger partial charge in [-0.1, -0.05) is 36.4 Å². The van der Waals surface area contributed by atoms with Crippen LogP contribution < -0.4 is 5.73 Å². The van der Waals surface area contributed by atoms with Crippen molar-refractivity contribution in [3.05, 3.63) is 48.6 Å². The molecule has 0 amide bonds. The van der Waals surface area contributed by atoms with Crippen molar-refractivity contribution in [2.75, 3.05) is 0 Å². The van der Waals surface area contributed by atoms with Crippen molar-refractivity contribution in [2.24, 2.45) is 5.73 Å². The van der Waals surface area contributed by atoms with E-state index in [4.69, 9.17) is 5.73 Å². The van der Waals surface area contributed by atoms with Gasteiger partial charge in [-0.25, -0.2) is 0 Å². The van der Waals surface area contributed by atoms with Gasteiger partial charge in [0.15, 0.2) is 0 Å². The summed E-state index contributed by atoms with van der Waals surface area (Å²) in [7, 11) is 0. The minimum absolute atomic E-state index is 0. The Morgan fingerprint density at radius 2 is 1.92 bits per heavy atom. The van der Waals surface area contributed by atoms with Crippen molar-refractivity contribution in [1.82, 2.24) is 0 Å². The lowest BCUT2D eigenvalue weighted by Gasteiger charge is -2.07. The fourth-order valence-electron chi connectivity index (χ4n) is 1.02. The maximum atomic E-state index is 5.83. The highest BCUT2D eigenvalue weighted by Gasteiger charge is 2.00. The van der Waals surface area contributed by atoms with E-state index in [1.165, 1.54) is 5.56 Å². The van der Waals surface area contributed by atoms with Gasteiger partial charge in [0.2, 0.25) is 0 Å². The van der Waals surface area contributed by atoms with Crippen molar-refractivity contribution >= 4 is 12.4 Å². The standard InChI is InChI=1S/C10H13N.ClH/c1-2-6-10(11)9-7-4-3-5-8-9;/h2-5,7-8,10H,1,6,11H2;1H/t10-;/m0./s1. The number of nitrogens with two attached hydrogens (primary N) is 1. The van der Waals surface area contributed by atoms with Crippen LogP contribution in [0.3, 0.4) is 0 Å². The molecule has 0 heterocycles. The van der Waals surface area contributed by atoms with Gasteiger partial charge in [-0.3, -0.25) is 0 Å². The molecule has 0 radical (unpaired) electrons. The fraction of sp³-hybridized carbons (Fsp3) is 0.200. The Bertz CT molecular complexity index is 221. The third-order valence-corrected chi connectivity index (χ3v) is 1.65. The molecule has 1 rings (SSSR count). The minimum Gasteiger partial charge on any atom is -0.324 e. The third-order valence-electron chi connectivity index (χ3n) is 1.65. The van der Waals surface area contributed by atoms with Gasteiger partial charge in [0.25, 0.3) is 0 Å². The second-order valence-corrected chi connectivity index (χ2v) is 2.54. The zero-order valence-electron chi connectivity index (χ0n) is 6.94. The van der Waals surface area contributed by atoms with E-state index in [1.807, 2.05) is 36.4 Å². The second kappa shape index (κ2) is 5.81. The van der Waals surface area contributed by atoms with Crippen LogP contribution in [0.2, 0.25) is 0 Å². The van der Waals surface area contributed by atoms with E-state index in [0.29, 0.717) is 0 Å². The minimum atomic E-state index is 0. The summed E-state index contributed by atoms with van der Waals surface area (Å²) >= 11 is 0. The smallest absolute Gasteiger partial charge is 0.0329 e. The van der Waals surface area contributed by atoms with Crippen LogP contribution in [0.25, 0.3) is 0 Å². The average molecular weight is 184 g/mol. The van der Waals surface area contributed by atoms with Crippen molar-refractivity contribution < 1.29 is 0 Å². The number of hydrogen-bond donors (Lipinski definition) is 1. The largest absolute Gasteiger partial charge is 0.324 e. The molecule has 1 nitrogen and oxygen atoms in total. The van der Waals surface area contributed by atoms with Gasteiger partial charge in [0.05, 0.1) is 0 Å². The summed E-state index contributed by atoms with van der Waals surface area (Å²) in [6.45, 7) is 3.65. The molecule has 0 saturated carbocycles. The van der Waals surface area contributed by atoms with E-state index >= 15 is 0 Å². The van der Waals surface area contributed by atoms with Crippen LogP contribution in [-0.2, 0) is 0 Å². The zero-order valence-corrected chi connectivity index (χ0v) is 7.76. The summed E-state index contributed by atoms with van der Waals surface area (Å²) in [5.74, 6) is 0. The van der Waals surface area contributed by atoms with Crippen LogP contribution in [-0.4, -0.2) is 0 Å². The molecule has 0 aliphatic heterocycles. The molecule has 0 bridgehead atoms. The maximum Gasteiger partial charge on any atom is 0.0329 e. The lowest BCUT2D eigenvalue weighted by molar-refractivity contribution is 0.742. The quantitative estimate of drug-likeness (QED) is 0.717. The first kappa shape index (κ1) is 11.2. The molecule has 0 aliphatic rings. The normalized spacial score (nSPS) is 11.4. The van der Waals surface area contributed by atoms with E-state index in [-0.39, 0.29) is 18.4 Å². The van der Waals surface area contributed by atoms with Gasteiger partial charge in [-0.05, 0) is 12.0 Å². The fourth-order valence-corrected chi connectivity index (χ4v) is 1.02. The van der Waals surface area contributed by atoms with Crippen LogP contribution in [0, 0.1) is 0 Å². The molecule has 0 aromatic heterocycles. The van der Waals surface area contributed by atoms with Crippen LogP contribution in [0.4, 0.5) is 0 Å². The highest BCUT2D eigenvalue weighted by atomic mass is 35.5. The highest BCUT2D eigenvalue weighted by molar-refractivity contribution is 5.85. The van der Waals surface area contributed by atoms with Gasteiger partial charge in [-0.15, -0.1) is 19.0 Å². The summed E-state index contributed by atoms with van der Waals surface area (Å²) < 4.78 is 0. The number of hydrogen-bond acceptors (Lipinski definition) is 1. The molecule has 1 aromatic rings. The van der Waals surface area contributed by atoms with Crippen molar-refractivity contribution in [3.63, 3.8) is 0 Å². The average Bonchev–Trinajstić information content (AvgIpc) is 2.07. The first-order chi connectivity index (χ1) is 5.34. The summed E-state index contributed by atoms with van der Waals surface area (Å²) in [6, 6.07) is 10.2. The molecule has 0 saturated heterocycles. The Balaban J connectivity index is 0.00000121. The Labute approximate surface area is 79.7 Å². The van der Waals surface area contributed by atoms with Gasteiger partial charge in [-0.2, -0.15) is 0 Å². The van der Waals surface area contributed by atoms with Crippen LogP contribution in [0.5, 0.6) is 0 Å². The predicted octanol–water partition coefficient (Wildman–Crippen LogP) is 2.68. The summed E-state index contributed by atoms with van der Waals surface area (Å²) in [5.41, 5.74) is 7.01. The molecule has 0 aliphatic carbocycles. The molecule has 0 spiro atoms. The van der Waals surface area contributed by atoms with E-state index in [9.17, 15) is 0 Å².